The molecule has 1 N–H and O–H groups in total. The van der Waals surface area contributed by atoms with Gasteiger partial charge < -0.3 is 4.98 Å². The first-order chi connectivity index (χ1) is 14.1. The molecular weight excluding hydrogens is 384 g/mol. The quantitative estimate of drug-likeness (QED) is 0.361. The van der Waals surface area contributed by atoms with Crippen LogP contribution in [0.15, 0.2) is 95.9 Å². The Morgan fingerprint density at radius 1 is 0.931 bits per heavy atom. The predicted molar refractivity (Wildman–Crippen MR) is 117 cm³/mol. The molecule has 4 nitrogen and oxygen atoms in total. The molecule has 0 bridgehead atoms. The van der Waals surface area contributed by atoms with Gasteiger partial charge in [-0.15, -0.1) is 0 Å². The van der Waals surface area contributed by atoms with Crippen molar-refractivity contribution in [1.82, 2.24) is 9.55 Å². The van der Waals surface area contributed by atoms with E-state index in [4.69, 9.17) is 11.6 Å². The highest BCUT2D eigenvalue weighted by Gasteiger charge is 2.09. The molecule has 0 aliphatic rings. The maximum Gasteiger partial charge on any atom is 0.330 e. The number of allylic oxidation sites excluding steroid dienone is 1. The third-order valence-corrected chi connectivity index (χ3v) is 4.76. The largest absolute Gasteiger partial charge is 0.330 e. The summed E-state index contributed by atoms with van der Waals surface area (Å²) in [7, 11) is 0. The summed E-state index contributed by atoms with van der Waals surface area (Å²) in [5.74, 6) is -0.128. The summed E-state index contributed by atoms with van der Waals surface area (Å²) in [6.45, 7) is 0. The number of nitrogens with zero attached hydrogens (tertiary/aromatic N) is 1. The molecule has 4 aromatic rings. The second-order valence-electron chi connectivity index (χ2n) is 6.51. The van der Waals surface area contributed by atoms with E-state index in [9.17, 15) is 9.59 Å². The number of halogens is 1. The molecule has 0 saturated carbocycles. The normalized spacial score (nSPS) is 11.1. The van der Waals surface area contributed by atoms with Crippen molar-refractivity contribution in [2.45, 2.75) is 0 Å². The molecule has 0 spiro atoms. The number of carbonyl (C=O) groups excluding carboxylic acids is 1. The van der Waals surface area contributed by atoms with Gasteiger partial charge in [0.25, 0.3) is 0 Å². The lowest BCUT2D eigenvalue weighted by Gasteiger charge is -2.03. The lowest BCUT2D eigenvalue weighted by atomic mass is 10.1. The molecule has 4 rings (SSSR count). The van der Waals surface area contributed by atoms with Gasteiger partial charge in [-0.2, -0.15) is 0 Å². The fraction of sp³-hybridized carbons (Fsp3) is 0. The van der Waals surface area contributed by atoms with Crippen molar-refractivity contribution in [2.24, 2.45) is 0 Å². The van der Waals surface area contributed by atoms with Crippen LogP contribution in [0.4, 0.5) is 0 Å². The van der Waals surface area contributed by atoms with E-state index in [2.05, 4.69) is 4.98 Å². The average molecular weight is 401 g/mol. The van der Waals surface area contributed by atoms with Gasteiger partial charge in [0.15, 0.2) is 5.78 Å². The van der Waals surface area contributed by atoms with Crippen LogP contribution >= 0.6 is 11.6 Å². The van der Waals surface area contributed by atoms with Crippen LogP contribution in [-0.2, 0) is 0 Å². The number of nitrogens with one attached hydrogen (secondary N) is 1. The summed E-state index contributed by atoms with van der Waals surface area (Å²) < 4.78 is 1.49. The molecule has 1 aromatic heterocycles. The monoisotopic (exact) mass is 400 g/mol. The van der Waals surface area contributed by atoms with E-state index in [1.54, 1.807) is 48.7 Å². The van der Waals surface area contributed by atoms with Crippen molar-refractivity contribution >= 4 is 23.5 Å². The first-order valence-electron chi connectivity index (χ1n) is 9.06. The molecule has 0 fully saturated rings. The third kappa shape index (κ3) is 4.28. The zero-order valence-electron chi connectivity index (χ0n) is 15.4. The Bertz CT molecular complexity index is 1240. The van der Waals surface area contributed by atoms with Gasteiger partial charge in [0.2, 0.25) is 0 Å². The predicted octanol–water partition coefficient (Wildman–Crippen LogP) is 5.38. The molecule has 0 aliphatic carbocycles. The maximum atomic E-state index is 12.6. The van der Waals surface area contributed by atoms with E-state index in [0.29, 0.717) is 22.0 Å². The minimum atomic E-state index is -0.278. The molecule has 5 heteroatoms. The lowest BCUT2D eigenvalue weighted by Crippen LogP contribution is -2.14. The Morgan fingerprint density at radius 2 is 1.69 bits per heavy atom. The fourth-order valence-corrected chi connectivity index (χ4v) is 3.13. The van der Waals surface area contributed by atoms with E-state index in [0.717, 1.165) is 11.1 Å². The molecule has 0 atom stereocenters. The molecule has 29 heavy (non-hydrogen) atoms. The van der Waals surface area contributed by atoms with E-state index in [1.165, 1.54) is 10.6 Å². The van der Waals surface area contributed by atoms with Gasteiger partial charge in [0, 0.05) is 16.8 Å². The number of aromatic amines is 1. The highest BCUT2D eigenvalue weighted by Crippen LogP contribution is 2.20. The molecule has 142 valence electrons. The molecule has 0 unspecified atom stereocenters. The highest BCUT2D eigenvalue weighted by molar-refractivity contribution is 6.30. The van der Waals surface area contributed by atoms with E-state index in [1.807, 2.05) is 42.5 Å². The van der Waals surface area contributed by atoms with Gasteiger partial charge in [-0.05, 0) is 41.5 Å². The minimum absolute atomic E-state index is 0.128. The van der Waals surface area contributed by atoms with Crippen LogP contribution in [0.3, 0.4) is 0 Å². The van der Waals surface area contributed by atoms with Crippen molar-refractivity contribution in [3.8, 4) is 16.9 Å². The number of carbonyl (C=O) groups is 1. The SMILES string of the molecule is O=C(C=Cc1ccccc1)c1cccc(-n2cc(-c3ccc(Cl)cc3)[nH]c2=O)c1. The molecule has 0 radical (unpaired) electrons. The summed E-state index contributed by atoms with van der Waals surface area (Å²) in [6, 6.07) is 23.8. The van der Waals surface area contributed by atoms with Crippen molar-refractivity contribution in [1.29, 1.82) is 0 Å². The van der Waals surface area contributed by atoms with Gasteiger partial charge in [-0.25, -0.2) is 4.79 Å². The summed E-state index contributed by atoms with van der Waals surface area (Å²) in [4.78, 5) is 27.8. The minimum Gasteiger partial charge on any atom is -0.305 e. The zero-order valence-corrected chi connectivity index (χ0v) is 16.1. The van der Waals surface area contributed by atoms with Crippen LogP contribution in [0.25, 0.3) is 23.0 Å². The topological polar surface area (TPSA) is 54.9 Å². The second kappa shape index (κ2) is 8.17. The molecule has 0 saturated heterocycles. The molecular formula is C24H17ClN2O2. The first kappa shape index (κ1) is 18.7. The van der Waals surface area contributed by atoms with E-state index in [-0.39, 0.29) is 11.5 Å². The smallest absolute Gasteiger partial charge is 0.305 e. The number of imidazole rings is 1. The lowest BCUT2D eigenvalue weighted by molar-refractivity contribution is 0.104. The van der Waals surface area contributed by atoms with Gasteiger partial charge in [0.1, 0.15) is 0 Å². The molecule has 3 aromatic carbocycles. The first-order valence-corrected chi connectivity index (χ1v) is 9.43. The summed E-state index contributed by atoms with van der Waals surface area (Å²) in [6.07, 6.45) is 5.03. The number of aromatic nitrogens is 2. The summed E-state index contributed by atoms with van der Waals surface area (Å²) in [5, 5.41) is 0.630. The molecule has 0 amide bonds. The number of H-pyrrole nitrogens is 1. The number of hydrogen-bond donors (Lipinski definition) is 1. The number of rotatable bonds is 5. The van der Waals surface area contributed by atoms with E-state index >= 15 is 0 Å². The Morgan fingerprint density at radius 3 is 2.45 bits per heavy atom. The Hall–Kier alpha value is -3.63. The molecule has 1 heterocycles. The number of ketones is 1. The van der Waals surface area contributed by atoms with E-state index < -0.39 is 0 Å². The maximum absolute atomic E-state index is 12.6. The van der Waals surface area contributed by atoms with Crippen molar-refractivity contribution in [3.05, 3.63) is 118 Å². The van der Waals surface area contributed by atoms with Crippen LogP contribution in [-0.4, -0.2) is 15.3 Å². The van der Waals surface area contributed by atoms with Crippen LogP contribution < -0.4 is 5.69 Å². The van der Waals surface area contributed by atoms with Crippen LogP contribution in [0.1, 0.15) is 15.9 Å². The zero-order chi connectivity index (χ0) is 20.2. The third-order valence-electron chi connectivity index (χ3n) is 4.51. The summed E-state index contributed by atoms with van der Waals surface area (Å²) >= 11 is 5.93. The van der Waals surface area contributed by atoms with Crippen molar-refractivity contribution < 1.29 is 4.79 Å². The Kier molecular flexibility index (Phi) is 5.27. The molecule has 0 aliphatic heterocycles. The standard InChI is InChI=1S/C24H17ClN2O2/c25-20-12-10-18(11-13-20)22-16-27(24(29)26-22)21-8-4-7-19(15-21)23(28)14-9-17-5-2-1-3-6-17/h1-16H,(H,26,29). The fourth-order valence-electron chi connectivity index (χ4n) is 3.00. The van der Waals surface area contributed by atoms with Crippen molar-refractivity contribution in [2.75, 3.05) is 0 Å². The Labute approximate surface area is 172 Å². The van der Waals surface area contributed by atoms with Crippen LogP contribution in [0.5, 0.6) is 0 Å². The number of hydrogen-bond acceptors (Lipinski definition) is 2. The van der Waals surface area contributed by atoms with Gasteiger partial charge >= 0.3 is 5.69 Å². The highest BCUT2D eigenvalue weighted by atomic mass is 35.5. The van der Waals surface area contributed by atoms with Gasteiger partial charge in [-0.1, -0.05) is 72.3 Å². The van der Waals surface area contributed by atoms with Crippen LogP contribution in [0.2, 0.25) is 5.02 Å². The van der Waals surface area contributed by atoms with Gasteiger partial charge in [-0.3, -0.25) is 9.36 Å². The summed E-state index contributed by atoms with van der Waals surface area (Å²) in [5.41, 5.74) is 3.32. The van der Waals surface area contributed by atoms with Crippen LogP contribution in [0, 0.1) is 0 Å². The van der Waals surface area contributed by atoms with Gasteiger partial charge in [0.05, 0.1) is 11.4 Å². The number of benzene rings is 3. The second-order valence-corrected chi connectivity index (χ2v) is 6.94. The van der Waals surface area contributed by atoms with Crippen molar-refractivity contribution in [3.63, 3.8) is 0 Å². The Balaban J connectivity index is 1.62. The average Bonchev–Trinajstić information content (AvgIpc) is 3.15.